The van der Waals surface area contributed by atoms with Crippen LogP contribution in [0, 0.1) is 0 Å². The fourth-order valence-corrected chi connectivity index (χ4v) is 1.57. The number of aromatic nitrogens is 1. The number of nitrogens with zero attached hydrogens (tertiary/aromatic N) is 1. The van der Waals surface area contributed by atoms with Crippen molar-refractivity contribution < 1.29 is 17.9 Å². The molecule has 1 aromatic rings. The first-order chi connectivity index (χ1) is 7.01. The smallest absolute Gasteiger partial charge is 0.356 e. The number of methoxy groups -OCH3 is 1. The first-order valence-corrected chi connectivity index (χ1v) is 5.48. The highest BCUT2D eigenvalue weighted by atomic mass is 32.2. The molecule has 1 N–H and O–H groups in total. The van der Waals surface area contributed by atoms with E-state index in [2.05, 4.69) is 14.4 Å². The summed E-state index contributed by atoms with van der Waals surface area (Å²) in [6, 6.07) is 4.09. The van der Waals surface area contributed by atoms with Crippen LogP contribution in [-0.2, 0) is 14.8 Å². The van der Waals surface area contributed by atoms with Gasteiger partial charge in [0.2, 0.25) is 0 Å². The number of sulfonamides is 1. The van der Waals surface area contributed by atoms with Gasteiger partial charge in [0.15, 0.2) is 5.03 Å². The average Bonchev–Trinajstić information content (AvgIpc) is 2.28. The van der Waals surface area contributed by atoms with Gasteiger partial charge in [-0.3, -0.25) is 0 Å². The highest BCUT2D eigenvalue weighted by Gasteiger charge is 2.15. The quantitative estimate of drug-likeness (QED) is 0.725. The Balaban J connectivity index is 3.20. The highest BCUT2D eigenvalue weighted by molar-refractivity contribution is 7.89. The van der Waals surface area contributed by atoms with Crippen molar-refractivity contribution in [2.24, 2.45) is 0 Å². The summed E-state index contributed by atoms with van der Waals surface area (Å²) in [6.45, 7) is 0. The van der Waals surface area contributed by atoms with Gasteiger partial charge in [0, 0.05) is 0 Å². The van der Waals surface area contributed by atoms with Crippen LogP contribution in [0.25, 0.3) is 0 Å². The lowest BCUT2D eigenvalue weighted by Gasteiger charge is -2.02. The minimum absolute atomic E-state index is 0.0474. The van der Waals surface area contributed by atoms with Crippen molar-refractivity contribution in [3.05, 3.63) is 23.9 Å². The third-order valence-corrected chi connectivity index (χ3v) is 2.98. The molecular weight excluding hydrogens is 220 g/mol. The van der Waals surface area contributed by atoms with Gasteiger partial charge >= 0.3 is 5.97 Å². The summed E-state index contributed by atoms with van der Waals surface area (Å²) < 4.78 is 29.2. The normalized spacial score (nSPS) is 11.1. The molecule has 1 aromatic heterocycles. The molecule has 0 spiro atoms. The molecule has 0 amide bonds. The van der Waals surface area contributed by atoms with E-state index in [1.807, 2.05) is 0 Å². The van der Waals surface area contributed by atoms with Crippen LogP contribution in [0.4, 0.5) is 0 Å². The van der Waals surface area contributed by atoms with Gasteiger partial charge in [-0.2, -0.15) is 0 Å². The molecule has 1 heterocycles. The Hall–Kier alpha value is -1.47. The Morgan fingerprint density at radius 3 is 2.67 bits per heavy atom. The van der Waals surface area contributed by atoms with E-state index in [9.17, 15) is 13.2 Å². The molecule has 1 rings (SSSR count). The zero-order valence-corrected chi connectivity index (χ0v) is 9.04. The third kappa shape index (κ3) is 2.51. The molecule has 0 saturated carbocycles. The van der Waals surface area contributed by atoms with Crippen LogP contribution in [0.1, 0.15) is 10.5 Å². The molecule has 82 valence electrons. The topological polar surface area (TPSA) is 85.4 Å². The van der Waals surface area contributed by atoms with Crippen molar-refractivity contribution in [2.45, 2.75) is 5.03 Å². The maximum Gasteiger partial charge on any atom is 0.356 e. The Kier molecular flexibility index (Phi) is 3.38. The predicted octanol–water partition coefficient (Wildman–Crippen LogP) is -0.224. The second-order valence-corrected chi connectivity index (χ2v) is 4.39. The number of ether oxygens (including phenoxy) is 1. The number of esters is 1. The maximum absolute atomic E-state index is 11.3. The fraction of sp³-hybridized carbons (Fsp3) is 0.250. The van der Waals surface area contributed by atoms with Crippen LogP contribution in [-0.4, -0.2) is 33.5 Å². The monoisotopic (exact) mass is 230 g/mol. The molecule has 0 bridgehead atoms. The van der Waals surface area contributed by atoms with Gasteiger partial charge in [-0.1, -0.05) is 6.07 Å². The molecule has 6 nitrogen and oxygen atoms in total. The van der Waals surface area contributed by atoms with Gasteiger partial charge < -0.3 is 4.74 Å². The van der Waals surface area contributed by atoms with Crippen molar-refractivity contribution in [2.75, 3.05) is 14.2 Å². The molecule has 0 aliphatic heterocycles. The van der Waals surface area contributed by atoms with E-state index in [-0.39, 0.29) is 10.7 Å². The fourth-order valence-electron chi connectivity index (χ4n) is 0.887. The lowest BCUT2D eigenvalue weighted by Crippen LogP contribution is -2.20. The zero-order valence-electron chi connectivity index (χ0n) is 8.22. The molecule has 15 heavy (non-hydrogen) atoms. The summed E-state index contributed by atoms with van der Waals surface area (Å²) in [5, 5.41) is -0.215. The van der Waals surface area contributed by atoms with Crippen molar-refractivity contribution in [3.8, 4) is 0 Å². The summed E-state index contributed by atoms with van der Waals surface area (Å²) in [7, 11) is -1.17. The Morgan fingerprint density at radius 1 is 1.47 bits per heavy atom. The van der Waals surface area contributed by atoms with Crippen molar-refractivity contribution in [1.29, 1.82) is 0 Å². The highest BCUT2D eigenvalue weighted by Crippen LogP contribution is 2.06. The van der Waals surface area contributed by atoms with Crippen LogP contribution in [0.3, 0.4) is 0 Å². The number of pyridine rings is 1. The van der Waals surface area contributed by atoms with Gasteiger partial charge in [-0.25, -0.2) is 22.9 Å². The van der Waals surface area contributed by atoms with Crippen LogP contribution < -0.4 is 4.72 Å². The molecule has 0 atom stereocenters. The van der Waals surface area contributed by atoms with Gasteiger partial charge in [-0.05, 0) is 19.2 Å². The van der Waals surface area contributed by atoms with E-state index >= 15 is 0 Å². The van der Waals surface area contributed by atoms with Crippen molar-refractivity contribution >= 4 is 16.0 Å². The molecule has 0 fully saturated rings. The molecular formula is C8H10N2O4S. The third-order valence-electron chi connectivity index (χ3n) is 1.66. The van der Waals surface area contributed by atoms with Crippen molar-refractivity contribution in [1.82, 2.24) is 9.71 Å². The summed E-state index contributed by atoms with van der Waals surface area (Å²) in [6.07, 6.45) is 0. The molecule has 7 heteroatoms. The predicted molar refractivity (Wildman–Crippen MR) is 51.8 cm³/mol. The molecule has 0 aliphatic carbocycles. The number of hydrogen-bond donors (Lipinski definition) is 1. The molecule has 0 aromatic carbocycles. The lowest BCUT2D eigenvalue weighted by molar-refractivity contribution is 0.0593. The lowest BCUT2D eigenvalue weighted by atomic mass is 10.4. The Morgan fingerprint density at radius 2 is 2.13 bits per heavy atom. The Bertz CT molecular complexity index is 469. The summed E-state index contributed by atoms with van der Waals surface area (Å²) in [5.74, 6) is -0.678. The first-order valence-electron chi connectivity index (χ1n) is 4.00. The zero-order chi connectivity index (χ0) is 11.5. The molecule has 0 unspecified atom stereocenters. The van der Waals surface area contributed by atoms with Crippen molar-refractivity contribution in [3.63, 3.8) is 0 Å². The molecule has 0 aliphatic rings. The van der Waals surface area contributed by atoms with E-state index in [4.69, 9.17) is 0 Å². The van der Waals surface area contributed by atoms with Crippen LogP contribution >= 0.6 is 0 Å². The van der Waals surface area contributed by atoms with Crippen LogP contribution in [0.15, 0.2) is 23.2 Å². The maximum atomic E-state index is 11.3. The van der Waals surface area contributed by atoms with Gasteiger partial charge in [0.25, 0.3) is 10.0 Å². The van der Waals surface area contributed by atoms with Gasteiger partial charge in [0.05, 0.1) is 7.11 Å². The standard InChI is InChI=1S/C8H10N2O4S/c1-9-15(12,13)7-5-3-4-6(10-7)8(11)14-2/h3-5,9H,1-2H3. The Labute approximate surface area is 87.3 Å². The van der Waals surface area contributed by atoms with E-state index in [1.165, 1.54) is 32.4 Å². The summed E-state index contributed by atoms with van der Waals surface area (Å²) in [4.78, 5) is 14.7. The first kappa shape index (κ1) is 11.6. The molecule has 0 saturated heterocycles. The number of carbonyl (C=O) groups is 1. The number of nitrogens with one attached hydrogen (secondary N) is 1. The second-order valence-electron chi connectivity index (χ2n) is 2.56. The minimum atomic E-state index is -3.63. The van der Waals surface area contributed by atoms with Crippen LogP contribution in [0.5, 0.6) is 0 Å². The van der Waals surface area contributed by atoms with E-state index in [1.54, 1.807) is 0 Å². The largest absolute Gasteiger partial charge is 0.464 e. The average molecular weight is 230 g/mol. The number of hydrogen-bond acceptors (Lipinski definition) is 5. The number of rotatable bonds is 3. The van der Waals surface area contributed by atoms with E-state index in [0.717, 1.165) is 0 Å². The second kappa shape index (κ2) is 4.37. The van der Waals surface area contributed by atoms with Crippen LogP contribution in [0.2, 0.25) is 0 Å². The summed E-state index contributed by atoms with van der Waals surface area (Å²) >= 11 is 0. The molecule has 0 radical (unpaired) electrons. The van der Waals surface area contributed by atoms with Gasteiger partial charge in [-0.15, -0.1) is 0 Å². The SMILES string of the molecule is CNS(=O)(=O)c1cccc(C(=O)OC)n1. The van der Waals surface area contributed by atoms with E-state index < -0.39 is 16.0 Å². The summed E-state index contributed by atoms with van der Waals surface area (Å²) in [5.41, 5.74) is -0.0474. The minimum Gasteiger partial charge on any atom is -0.464 e. The van der Waals surface area contributed by atoms with E-state index in [0.29, 0.717) is 0 Å². The van der Waals surface area contributed by atoms with Gasteiger partial charge in [0.1, 0.15) is 5.69 Å². The number of carbonyl (C=O) groups excluding carboxylic acids is 1.